The maximum atomic E-state index is 11.6. The highest BCUT2D eigenvalue weighted by Crippen LogP contribution is 2.35. The van der Waals surface area contributed by atoms with E-state index in [1.165, 1.54) is 12.3 Å². The SMILES string of the molecule is CCOc1cc(C(O)C(Cn2cc3nccc(C(=O)O)c3n2)OC2CCCC2)cc(OCC)c1C. The van der Waals surface area contributed by atoms with Crippen LogP contribution >= 0.6 is 0 Å². The average Bonchev–Trinajstić information content (AvgIpc) is 3.50. The van der Waals surface area contributed by atoms with E-state index in [4.69, 9.17) is 14.2 Å². The molecule has 2 atom stereocenters. The third-order valence-electron chi connectivity index (χ3n) is 6.35. The number of aliphatic hydroxyl groups is 1. The van der Waals surface area contributed by atoms with Gasteiger partial charge in [-0.1, -0.05) is 12.8 Å². The van der Waals surface area contributed by atoms with Crippen molar-refractivity contribution in [3.8, 4) is 11.5 Å². The van der Waals surface area contributed by atoms with Crippen molar-refractivity contribution >= 4 is 17.0 Å². The highest BCUT2D eigenvalue weighted by atomic mass is 16.5. The lowest BCUT2D eigenvalue weighted by atomic mass is 10.0. The Bertz CT molecular complexity index is 1140. The summed E-state index contributed by atoms with van der Waals surface area (Å²) in [5.41, 5.74) is 2.38. The van der Waals surface area contributed by atoms with Crippen LogP contribution in [0.3, 0.4) is 0 Å². The van der Waals surface area contributed by atoms with Crippen molar-refractivity contribution in [2.45, 2.75) is 71.3 Å². The van der Waals surface area contributed by atoms with Crippen LogP contribution in [-0.4, -0.2) is 56.4 Å². The molecule has 35 heavy (non-hydrogen) atoms. The van der Waals surface area contributed by atoms with E-state index >= 15 is 0 Å². The molecular weight excluding hydrogens is 450 g/mol. The molecule has 9 heteroatoms. The van der Waals surface area contributed by atoms with Gasteiger partial charge in [-0.2, -0.15) is 5.10 Å². The Morgan fingerprint density at radius 2 is 1.83 bits per heavy atom. The number of benzene rings is 1. The molecule has 2 aromatic heterocycles. The smallest absolute Gasteiger partial charge is 0.338 e. The van der Waals surface area contributed by atoms with Crippen LogP contribution in [0.4, 0.5) is 0 Å². The molecule has 1 saturated carbocycles. The molecule has 0 saturated heterocycles. The molecule has 3 aromatic rings. The van der Waals surface area contributed by atoms with Gasteiger partial charge in [0, 0.05) is 11.8 Å². The van der Waals surface area contributed by atoms with E-state index in [-0.39, 0.29) is 18.2 Å². The van der Waals surface area contributed by atoms with Crippen molar-refractivity contribution in [2.24, 2.45) is 0 Å². The first kappa shape index (κ1) is 24.9. The highest BCUT2D eigenvalue weighted by molar-refractivity contribution is 6.00. The van der Waals surface area contributed by atoms with E-state index in [0.29, 0.717) is 41.3 Å². The van der Waals surface area contributed by atoms with Crippen LogP contribution in [-0.2, 0) is 11.3 Å². The number of carbonyl (C=O) groups is 1. The molecule has 2 heterocycles. The van der Waals surface area contributed by atoms with Crippen LogP contribution in [0, 0.1) is 6.92 Å². The number of carboxylic acids is 1. The van der Waals surface area contributed by atoms with E-state index in [9.17, 15) is 15.0 Å². The van der Waals surface area contributed by atoms with E-state index in [2.05, 4.69) is 10.1 Å². The second kappa shape index (κ2) is 11.0. The van der Waals surface area contributed by atoms with Gasteiger partial charge in [-0.05, 0) is 57.4 Å². The van der Waals surface area contributed by atoms with Crippen molar-refractivity contribution < 1.29 is 29.2 Å². The van der Waals surface area contributed by atoms with Gasteiger partial charge in [0.15, 0.2) is 0 Å². The lowest BCUT2D eigenvalue weighted by Crippen LogP contribution is -2.31. The fourth-order valence-corrected chi connectivity index (χ4v) is 4.59. The maximum Gasteiger partial charge on any atom is 0.338 e. The van der Waals surface area contributed by atoms with Crippen LogP contribution in [0.2, 0.25) is 0 Å². The number of hydrogen-bond acceptors (Lipinski definition) is 7. The molecule has 1 aliphatic rings. The molecule has 1 aliphatic carbocycles. The predicted molar refractivity (Wildman–Crippen MR) is 130 cm³/mol. The van der Waals surface area contributed by atoms with Crippen LogP contribution in [0.1, 0.15) is 67.1 Å². The van der Waals surface area contributed by atoms with Crippen molar-refractivity contribution in [3.05, 3.63) is 47.3 Å². The van der Waals surface area contributed by atoms with Crippen LogP contribution < -0.4 is 9.47 Å². The summed E-state index contributed by atoms with van der Waals surface area (Å²) in [4.78, 5) is 15.9. The zero-order valence-corrected chi connectivity index (χ0v) is 20.4. The molecule has 188 valence electrons. The number of fused-ring (bicyclic) bond motifs is 1. The Hall–Kier alpha value is -3.17. The summed E-state index contributed by atoms with van der Waals surface area (Å²) in [6.07, 6.45) is 5.67. The molecular formula is C26H33N3O6. The van der Waals surface area contributed by atoms with Gasteiger partial charge in [-0.25, -0.2) is 4.79 Å². The molecule has 1 fully saturated rings. The van der Waals surface area contributed by atoms with Gasteiger partial charge in [-0.15, -0.1) is 0 Å². The number of rotatable bonds is 11. The van der Waals surface area contributed by atoms with Crippen LogP contribution in [0.25, 0.3) is 11.0 Å². The predicted octanol–water partition coefficient (Wildman–Crippen LogP) is 4.30. The first-order valence-electron chi connectivity index (χ1n) is 12.2. The molecule has 0 spiro atoms. The normalized spacial score (nSPS) is 15.9. The number of aromatic carboxylic acids is 1. The summed E-state index contributed by atoms with van der Waals surface area (Å²) in [7, 11) is 0. The summed E-state index contributed by atoms with van der Waals surface area (Å²) in [5, 5.41) is 25.5. The average molecular weight is 484 g/mol. The van der Waals surface area contributed by atoms with Crippen LogP contribution in [0.15, 0.2) is 30.6 Å². The number of nitrogens with zero attached hydrogens (tertiary/aromatic N) is 3. The molecule has 0 aliphatic heterocycles. The van der Waals surface area contributed by atoms with Gasteiger partial charge in [-0.3, -0.25) is 9.67 Å². The van der Waals surface area contributed by atoms with Gasteiger partial charge in [0.1, 0.15) is 34.7 Å². The largest absolute Gasteiger partial charge is 0.493 e. The van der Waals surface area contributed by atoms with Gasteiger partial charge in [0.25, 0.3) is 0 Å². The first-order valence-corrected chi connectivity index (χ1v) is 12.2. The fourth-order valence-electron chi connectivity index (χ4n) is 4.59. The van der Waals surface area contributed by atoms with Crippen LogP contribution in [0.5, 0.6) is 11.5 Å². The van der Waals surface area contributed by atoms with Gasteiger partial charge in [0.2, 0.25) is 0 Å². The second-order valence-electron chi connectivity index (χ2n) is 8.78. The zero-order valence-electron chi connectivity index (χ0n) is 20.4. The Balaban J connectivity index is 1.68. The third-order valence-corrected chi connectivity index (χ3v) is 6.35. The summed E-state index contributed by atoms with van der Waals surface area (Å²) in [6, 6.07) is 5.10. The standard InChI is InChI=1S/C26H33N3O6/c1-4-33-21-12-17(13-22(16(21)3)34-5-2)25(30)23(35-18-8-6-7-9-18)15-29-14-20-24(28-29)19(26(31)32)10-11-27-20/h10-14,18,23,25,30H,4-9,15H2,1-3H3,(H,31,32). The Morgan fingerprint density at radius 1 is 1.17 bits per heavy atom. The second-order valence-corrected chi connectivity index (χ2v) is 8.78. The lowest BCUT2D eigenvalue weighted by Gasteiger charge is -2.28. The number of aromatic nitrogens is 3. The van der Waals surface area contributed by atoms with E-state index < -0.39 is 18.2 Å². The van der Waals surface area contributed by atoms with Crippen molar-refractivity contribution in [1.82, 2.24) is 14.8 Å². The summed E-state index contributed by atoms with van der Waals surface area (Å²) in [6.45, 7) is 6.97. The Kier molecular flexibility index (Phi) is 7.87. The summed E-state index contributed by atoms with van der Waals surface area (Å²) >= 11 is 0. The minimum atomic E-state index is -1.06. The zero-order chi connectivity index (χ0) is 24.9. The number of ether oxygens (including phenoxy) is 3. The van der Waals surface area contributed by atoms with Crippen molar-refractivity contribution in [2.75, 3.05) is 13.2 Å². The third kappa shape index (κ3) is 5.57. The van der Waals surface area contributed by atoms with E-state index in [0.717, 1.165) is 31.2 Å². The van der Waals surface area contributed by atoms with Gasteiger partial charge in [0.05, 0.1) is 37.6 Å². The Morgan fingerprint density at radius 3 is 2.43 bits per heavy atom. The molecule has 4 rings (SSSR count). The van der Waals surface area contributed by atoms with Crippen molar-refractivity contribution in [3.63, 3.8) is 0 Å². The summed E-state index contributed by atoms with van der Waals surface area (Å²) in [5.74, 6) is 0.257. The molecule has 1 aromatic carbocycles. The molecule has 9 nitrogen and oxygen atoms in total. The first-order chi connectivity index (χ1) is 16.9. The molecule has 0 bridgehead atoms. The lowest BCUT2D eigenvalue weighted by molar-refractivity contribution is -0.0845. The highest BCUT2D eigenvalue weighted by Gasteiger charge is 2.29. The van der Waals surface area contributed by atoms with Crippen molar-refractivity contribution in [1.29, 1.82) is 0 Å². The number of pyridine rings is 1. The van der Waals surface area contributed by atoms with E-state index in [1.54, 1.807) is 10.9 Å². The maximum absolute atomic E-state index is 11.6. The molecule has 2 unspecified atom stereocenters. The number of aliphatic hydroxyl groups excluding tert-OH is 1. The molecule has 0 amide bonds. The number of hydrogen-bond donors (Lipinski definition) is 2. The fraction of sp³-hybridized carbons (Fsp3) is 0.500. The monoisotopic (exact) mass is 483 g/mol. The molecule has 0 radical (unpaired) electrons. The topological polar surface area (TPSA) is 116 Å². The van der Waals surface area contributed by atoms with Gasteiger partial charge >= 0.3 is 5.97 Å². The quantitative estimate of drug-likeness (QED) is 0.415. The van der Waals surface area contributed by atoms with Gasteiger partial charge < -0.3 is 24.4 Å². The Labute approximate surface area is 204 Å². The van der Waals surface area contributed by atoms with E-state index in [1.807, 2.05) is 32.9 Å². The minimum Gasteiger partial charge on any atom is -0.493 e. The summed E-state index contributed by atoms with van der Waals surface area (Å²) < 4.78 is 19.6. The minimum absolute atomic E-state index is 0.0514. The number of carboxylic acid groups (broad SMARTS) is 1. The molecule has 2 N–H and O–H groups in total.